The summed E-state index contributed by atoms with van der Waals surface area (Å²) in [5, 5.41) is 16.8. The summed E-state index contributed by atoms with van der Waals surface area (Å²) in [5.41, 5.74) is 5.54. The van der Waals surface area contributed by atoms with E-state index in [2.05, 4.69) is 35.8 Å². The Morgan fingerprint density at radius 2 is 1.72 bits per heavy atom. The van der Waals surface area contributed by atoms with Crippen molar-refractivity contribution in [1.82, 2.24) is 4.90 Å². The third-order valence-electron chi connectivity index (χ3n) is 5.77. The number of aliphatic hydroxyl groups is 1. The van der Waals surface area contributed by atoms with Crippen molar-refractivity contribution in [2.45, 2.75) is 38.8 Å². The van der Waals surface area contributed by atoms with Crippen LogP contribution in [-0.4, -0.2) is 53.4 Å². The Morgan fingerprint density at radius 1 is 1.17 bits per heavy atom. The maximum Gasteiger partial charge on any atom is 0.290 e. The number of anilines is 1. The molecule has 2 aliphatic rings. The summed E-state index contributed by atoms with van der Waals surface area (Å²) in [4.78, 5) is 12.8. The Kier molecular flexibility index (Phi) is 6.24. The number of hydrogen-bond acceptors (Lipinski definition) is 4. The van der Waals surface area contributed by atoms with Crippen LogP contribution in [0.3, 0.4) is 0 Å². The fourth-order valence-electron chi connectivity index (χ4n) is 4.36. The Morgan fingerprint density at radius 3 is 2.24 bits per heavy atom. The average Bonchev–Trinajstić information content (AvgIpc) is 2.57. The van der Waals surface area contributed by atoms with E-state index in [4.69, 9.17) is 9.90 Å². The quantitative estimate of drug-likeness (QED) is 0.771. The van der Waals surface area contributed by atoms with Gasteiger partial charge in [-0.05, 0) is 55.2 Å². The van der Waals surface area contributed by atoms with Gasteiger partial charge in [0.05, 0.1) is 11.3 Å². The van der Waals surface area contributed by atoms with Gasteiger partial charge in [-0.3, -0.25) is 9.69 Å². The van der Waals surface area contributed by atoms with Gasteiger partial charge < -0.3 is 15.1 Å². The van der Waals surface area contributed by atoms with Gasteiger partial charge in [-0.15, -0.1) is 0 Å². The van der Waals surface area contributed by atoms with E-state index in [9.17, 15) is 9.50 Å². The highest BCUT2D eigenvalue weighted by molar-refractivity contribution is 5.52. The predicted octanol–water partition coefficient (Wildman–Crippen LogP) is 3.31. The van der Waals surface area contributed by atoms with Crippen LogP contribution in [0.5, 0.6) is 0 Å². The minimum absolute atomic E-state index is 0.140. The molecule has 2 aliphatic heterocycles. The van der Waals surface area contributed by atoms with Crippen molar-refractivity contribution in [1.29, 1.82) is 0 Å². The molecule has 2 saturated heterocycles. The maximum absolute atomic E-state index is 13.9. The number of β-amino-alcohol motifs (C(OH)–C–C–N with tert-alkyl or cyclic N) is 1. The molecule has 5 nitrogen and oxygen atoms in total. The van der Waals surface area contributed by atoms with E-state index in [1.54, 1.807) is 6.07 Å². The van der Waals surface area contributed by atoms with Gasteiger partial charge in [-0.2, -0.15) is 0 Å². The largest absolute Gasteiger partial charge is 0.483 e. The summed E-state index contributed by atoms with van der Waals surface area (Å²) in [6, 6.07) is 11.6. The van der Waals surface area contributed by atoms with Gasteiger partial charge in [0.1, 0.15) is 5.82 Å². The van der Waals surface area contributed by atoms with Crippen LogP contribution in [-0.2, 0) is 11.3 Å². The zero-order chi connectivity index (χ0) is 21.2. The Bertz CT molecular complexity index is 847. The van der Waals surface area contributed by atoms with Gasteiger partial charge in [0.25, 0.3) is 6.47 Å². The molecule has 0 spiro atoms. The topological polar surface area (TPSA) is 64.0 Å². The number of rotatable bonds is 4. The van der Waals surface area contributed by atoms with Gasteiger partial charge in [0.15, 0.2) is 0 Å². The Balaban J connectivity index is 0.000000755. The van der Waals surface area contributed by atoms with Crippen LogP contribution in [0.1, 0.15) is 35.1 Å². The minimum atomic E-state index is -0.524. The van der Waals surface area contributed by atoms with Crippen molar-refractivity contribution < 1.29 is 19.4 Å². The first-order valence-corrected chi connectivity index (χ1v) is 9.86. The molecule has 4 rings (SSSR count). The molecule has 29 heavy (non-hydrogen) atoms. The van der Waals surface area contributed by atoms with Crippen molar-refractivity contribution >= 4 is 12.2 Å². The summed E-state index contributed by atoms with van der Waals surface area (Å²) in [6.07, 6.45) is 0. The number of para-hydroxylation sites is 1. The number of benzene rings is 2. The number of aryl methyl sites for hydroxylation is 2. The van der Waals surface area contributed by atoms with E-state index in [1.807, 2.05) is 19.1 Å². The fourth-order valence-corrected chi connectivity index (χ4v) is 4.36. The molecular weight excluding hydrogens is 371 g/mol. The first-order valence-electron chi connectivity index (χ1n) is 9.86. The molecule has 2 fully saturated rings. The third kappa shape index (κ3) is 4.77. The highest BCUT2D eigenvalue weighted by atomic mass is 19.1. The highest BCUT2D eigenvalue weighted by Gasteiger charge is 2.36. The molecule has 0 amide bonds. The minimum Gasteiger partial charge on any atom is -0.483 e. The molecule has 156 valence electrons. The van der Waals surface area contributed by atoms with Crippen LogP contribution in [0.15, 0.2) is 36.4 Å². The standard InChI is InChI=1S/C22H27FN2O.CH2O2/c1-15-8-17(9-16(2)19(15)12-24-13-22(3,26)14-24)18-10-25(11-18)21-7-5-4-6-20(21)23;2-1-3/h4-9,18,26H,10-14H2,1-3H3;1H,(H,2,3). The zero-order valence-corrected chi connectivity index (χ0v) is 17.2. The second kappa shape index (κ2) is 8.51. The van der Waals surface area contributed by atoms with Gasteiger partial charge in [-0.25, -0.2) is 4.39 Å². The molecule has 0 atom stereocenters. The van der Waals surface area contributed by atoms with E-state index in [1.165, 1.54) is 28.3 Å². The summed E-state index contributed by atoms with van der Waals surface area (Å²) in [6.45, 7) is 10.1. The van der Waals surface area contributed by atoms with Gasteiger partial charge >= 0.3 is 0 Å². The van der Waals surface area contributed by atoms with Crippen LogP contribution in [0.2, 0.25) is 0 Å². The maximum atomic E-state index is 13.9. The monoisotopic (exact) mass is 400 g/mol. The summed E-state index contributed by atoms with van der Waals surface area (Å²) in [5.74, 6) is 0.324. The molecule has 0 radical (unpaired) electrons. The molecule has 2 heterocycles. The molecule has 0 unspecified atom stereocenters. The summed E-state index contributed by atoms with van der Waals surface area (Å²) >= 11 is 0. The molecule has 0 aliphatic carbocycles. The van der Waals surface area contributed by atoms with Crippen molar-refractivity contribution in [3.05, 3.63) is 64.5 Å². The highest BCUT2D eigenvalue weighted by Crippen LogP contribution is 2.35. The first kappa shape index (κ1) is 21.3. The number of carboxylic acid groups (broad SMARTS) is 1. The lowest BCUT2D eigenvalue weighted by Crippen LogP contribution is -2.59. The second-order valence-corrected chi connectivity index (χ2v) is 8.43. The van der Waals surface area contributed by atoms with Crippen molar-refractivity contribution in [3.63, 3.8) is 0 Å². The smallest absolute Gasteiger partial charge is 0.290 e. The number of hydrogen-bond donors (Lipinski definition) is 2. The molecule has 0 saturated carbocycles. The van der Waals surface area contributed by atoms with Crippen molar-refractivity contribution in [2.24, 2.45) is 0 Å². The molecule has 2 aromatic rings. The van der Waals surface area contributed by atoms with Gasteiger partial charge in [-0.1, -0.05) is 24.3 Å². The molecular formula is C23H29FN2O3. The van der Waals surface area contributed by atoms with Crippen molar-refractivity contribution in [3.8, 4) is 0 Å². The molecule has 0 aromatic heterocycles. The first-order chi connectivity index (χ1) is 13.7. The third-order valence-corrected chi connectivity index (χ3v) is 5.77. The Hall–Kier alpha value is -2.44. The van der Waals surface area contributed by atoms with E-state index in [-0.39, 0.29) is 12.3 Å². The van der Waals surface area contributed by atoms with Crippen LogP contribution < -0.4 is 4.90 Å². The van der Waals surface area contributed by atoms with E-state index in [0.29, 0.717) is 11.6 Å². The summed E-state index contributed by atoms with van der Waals surface area (Å²) in [7, 11) is 0. The molecule has 6 heteroatoms. The lowest BCUT2D eigenvalue weighted by molar-refractivity contribution is -0.122. The number of nitrogens with zero attached hydrogens (tertiary/aromatic N) is 2. The number of carbonyl (C=O) groups is 1. The Labute approximate surface area is 171 Å². The zero-order valence-electron chi connectivity index (χ0n) is 17.2. The van der Waals surface area contributed by atoms with Gasteiger partial charge in [0, 0.05) is 38.6 Å². The predicted molar refractivity (Wildman–Crippen MR) is 112 cm³/mol. The van der Waals surface area contributed by atoms with Crippen molar-refractivity contribution in [2.75, 3.05) is 31.1 Å². The fraction of sp³-hybridized carbons (Fsp3) is 0.435. The van der Waals surface area contributed by atoms with E-state index >= 15 is 0 Å². The van der Waals surface area contributed by atoms with E-state index in [0.717, 1.165) is 32.7 Å². The van der Waals surface area contributed by atoms with E-state index < -0.39 is 5.60 Å². The lowest BCUT2D eigenvalue weighted by atomic mass is 9.86. The molecule has 2 N–H and O–H groups in total. The SMILES string of the molecule is Cc1cc(C2CN(c3ccccc3F)C2)cc(C)c1CN1CC(C)(O)C1.O=CO. The molecule has 2 aromatic carbocycles. The van der Waals surface area contributed by atoms with Gasteiger partial charge in [0.2, 0.25) is 0 Å². The number of halogens is 1. The second-order valence-electron chi connectivity index (χ2n) is 8.43. The molecule has 0 bridgehead atoms. The average molecular weight is 400 g/mol. The van der Waals surface area contributed by atoms with Crippen LogP contribution in [0.25, 0.3) is 0 Å². The normalized spacial score (nSPS) is 18.3. The van der Waals surface area contributed by atoms with Crippen LogP contribution in [0, 0.1) is 19.7 Å². The lowest BCUT2D eigenvalue weighted by Gasteiger charge is -2.45. The summed E-state index contributed by atoms with van der Waals surface area (Å²) < 4.78 is 13.9. The van der Waals surface area contributed by atoms with Crippen LogP contribution in [0.4, 0.5) is 10.1 Å². The number of likely N-dealkylation sites (tertiary alicyclic amines) is 1. The van der Waals surface area contributed by atoms with Crippen LogP contribution >= 0.6 is 0 Å².